The molecule has 52 heavy (non-hydrogen) atoms. The number of benzene rings is 7. The number of aromatic nitrogens is 1. The van der Waals surface area contributed by atoms with Crippen molar-refractivity contribution in [1.82, 2.24) is 4.57 Å². The van der Waals surface area contributed by atoms with Crippen LogP contribution < -0.4 is 5.32 Å². The van der Waals surface area contributed by atoms with Gasteiger partial charge < -0.3 is 15.3 Å². The van der Waals surface area contributed by atoms with E-state index in [2.05, 4.69) is 137 Å². The number of allylic oxidation sites excluding steroid dienone is 3. The fourth-order valence-corrected chi connectivity index (χ4v) is 6.72. The van der Waals surface area contributed by atoms with E-state index >= 15 is 0 Å². The Morgan fingerprint density at radius 3 is 2.02 bits per heavy atom. The molecular weight excluding hydrogens is 633 g/mol. The lowest BCUT2D eigenvalue weighted by Gasteiger charge is -2.15. The fourth-order valence-electron chi connectivity index (χ4n) is 6.72. The van der Waals surface area contributed by atoms with Gasteiger partial charge in [0.15, 0.2) is 0 Å². The summed E-state index contributed by atoms with van der Waals surface area (Å²) in [7, 11) is 0. The highest BCUT2D eigenvalue weighted by Gasteiger charge is 2.13. The fraction of sp³-hybridized carbons (Fsp3) is 0. The maximum absolute atomic E-state index is 9.42. The van der Waals surface area contributed by atoms with Crippen LogP contribution in [0.25, 0.3) is 55.8 Å². The topological polar surface area (TPSA) is 64.6 Å². The molecule has 0 saturated heterocycles. The highest BCUT2D eigenvalue weighted by molar-refractivity contribution is 6.13. The van der Waals surface area contributed by atoms with Crippen molar-refractivity contribution in [2.24, 2.45) is 0 Å². The van der Waals surface area contributed by atoms with Gasteiger partial charge in [-0.15, -0.1) is 0 Å². The van der Waals surface area contributed by atoms with Crippen molar-refractivity contribution in [3.05, 3.63) is 205 Å². The Kier molecular flexibility index (Phi) is 8.82. The molecule has 0 aliphatic carbocycles. The minimum absolute atomic E-state index is 0.340. The smallest absolute Gasteiger partial charge is 0.0991 e. The zero-order valence-electron chi connectivity index (χ0n) is 28.4. The molecule has 0 aliphatic rings. The second-order valence-corrected chi connectivity index (χ2v) is 12.6. The van der Waals surface area contributed by atoms with Gasteiger partial charge >= 0.3 is 0 Å². The number of nitrogens with one attached hydrogen (secondary N) is 2. The van der Waals surface area contributed by atoms with Crippen LogP contribution in [0, 0.1) is 16.7 Å². The highest BCUT2D eigenvalue weighted by atomic mass is 15.0. The number of hydrogen-bond acceptors (Lipinski definition) is 3. The molecule has 0 bridgehead atoms. The van der Waals surface area contributed by atoms with Crippen LogP contribution in [0.1, 0.15) is 16.7 Å². The summed E-state index contributed by atoms with van der Waals surface area (Å²) in [4.78, 5) is 0. The first-order chi connectivity index (χ1) is 25.6. The van der Waals surface area contributed by atoms with Gasteiger partial charge in [0.2, 0.25) is 0 Å². The summed E-state index contributed by atoms with van der Waals surface area (Å²) in [6.07, 6.45) is 6.04. The van der Waals surface area contributed by atoms with Gasteiger partial charge in [-0.1, -0.05) is 121 Å². The number of nitrogens with zero attached hydrogens (tertiary/aromatic N) is 2. The number of nitriles is 1. The molecule has 0 spiro atoms. The van der Waals surface area contributed by atoms with E-state index in [9.17, 15) is 5.26 Å². The molecule has 7 aromatic carbocycles. The van der Waals surface area contributed by atoms with Crippen LogP contribution in [0.3, 0.4) is 0 Å². The lowest BCUT2D eigenvalue weighted by atomic mass is 9.96. The molecule has 4 nitrogen and oxygen atoms in total. The quantitative estimate of drug-likeness (QED) is 0.119. The van der Waals surface area contributed by atoms with Gasteiger partial charge in [-0.3, -0.25) is 0 Å². The lowest BCUT2D eigenvalue weighted by Crippen LogP contribution is -1.97. The summed E-state index contributed by atoms with van der Waals surface area (Å²) < 4.78 is 2.23. The average molecular weight is 667 g/mol. The molecule has 0 radical (unpaired) electrons. The van der Waals surface area contributed by atoms with E-state index in [0.29, 0.717) is 16.8 Å². The van der Waals surface area contributed by atoms with Crippen LogP contribution in [-0.2, 0) is 0 Å². The number of hydrogen-bond donors (Lipinski definition) is 2. The minimum Gasteiger partial charge on any atom is -0.355 e. The molecule has 2 N–H and O–H groups in total. The third-order valence-electron chi connectivity index (χ3n) is 9.31. The number of fused-ring (bicyclic) bond motifs is 3. The van der Waals surface area contributed by atoms with Crippen LogP contribution in [0.5, 0.6) is 0 Å². The zero-order chi connectivity index (χ0) is 35.3. The maximum Gasteiger partial charge on any atom is 0.0991 e. The summed E-state index contributed by atoms with van der Waals surface area (Å²) >= 11 is 0. The molecule has 0 unspecified atom stereocenters. The number of para-hydroxylation sites is 2. The minimum atomic E-state index is 0.340. The second-order valence-electron chi connectivity index (χ2n) is 12.6. The van der Waals surface area contributed by atoms with Gasteiger partial charge in [0, 0.05) is 39.5 Å². The van der Waals surface area contributed by atoms with E-state index in [4.69, 9.17) is 5.41 Å². The molecule has 8 aromatic rings. The van der Waals surface area contributed by atoms with Crippen molar-refractivity contribution in [3.8, 4) is 28.3 Å². The molecule has 8 rings (SSSR count). The van der Waals surface area contributed by atoms with E-state index in [1.54, 1.807) is 12.1 Å². The Hall–Kier alpha value is -7.22. The van der Waals surface area contributed by atoms with E-state index in [1.807, 2.05) is 60.7 Å². The van der Waals surface area contributed by atoms with Crippen molar-refractivity contribution in [3.63, 3.8) is 0 Å². The van der Waals surface area contributed by atoms with Gasteiger partial charge in [0.25, 0.3) is 0 Å². The Balaban J connectivity index is 1.21. The highest BCUT2D eigenvalue weighted by Crippen LogP contribution is 2.37. The predicted octanol–water partition coefficient (Wildman–Crippen LogP) is 12.4. The van der Waals surface area contributed by atoms with Crippen LogP contribution in [-0.4, -0.2) is 10.3 Å². The van der Waals surface area contributed by atoms with Crippen LogP contribution in [0.4, 0.5) is 11.4 Å². The maximum atomic E-state index is 9.42. The molecule has 0 aliphatic heterocycles. The number of anilines is 2. The number of rotatable bonds is 9. The first kappa shape index (κ1) is 32.0. The molecule has 0 fully saturated rings. The van der Waals surface area contributed by atoms with E-state index in [-0.39, 0.29) is 0 Å². The molecule has 0 saturated carbocycles. The van der Waals surface area contributed by atoms with Crippen molar-refractivity contribution in [2.45, 2.75) is 0 Å². The van der Waals surface area contributed by atoms with Crippen molar-refractivity contribution in [1.29, 1.82) is 10.7 Å². The normalized spacial score (nSPS) is 11.6. The molecule has 246 valence electrons. The first-order valence-electron chi connectivity index (χ1n) is 17.2. The second kappa shape index (κ2) is 14.3. The zero-order valence-corrected chi connectivity index (χ0v) is 28.4. The summed E-state index contributed by atoms with van der Waals surface area (Å²) in [5.41, 5.74) is 12.3. The van der Waals surface area contributed by atoms with Gasteiger partial charge in [-0.2, -0.15) is 5.26 Å². The molecule has 4 heteroatoms. The van der Waals surface area contributed by atoms with Crippen LogP contribution in [0.2, 0.25) is 0 Å². The van der Waals surface area contributed by atoms with Crippen molar-refractivity contribution < 1.29 is 0 Å². The third kappa shape index (κ3) is 6.55. The average Bonchev–Trinajstić information content (AvgIpc) is 3.53. The van der Waals surface area contributed by atoms with E-state index < -0.39 is 0 Å². The summed E-state index contributed by atoms with van der Waals surface area (Å²) in [5, 5.41) is 24.3. The van der Waals surface area contributed by atoms with Gasteiger partial charge in [0.05, 0.1) is 28.4 Å². The Morgan fingerprint density at radius 1 is 0.577 bits per heavy atom. The lowest BCUT2D eigenvalue weighted by molar-refractivity contribution is 1.29. The van der Waals surface area contributed by atoms with Crippen LogP contribution >= 0.6 is 0 Å². The molecule has 0 amide bonds. The SMILES string of the molecule is N#Cc1cccc(C(=N)/C=C(\C=C\n2c3ccccc3c3cc(-c4ccc(Nc5ccccc5)c(-c5ccccc5)c4)ccc32)c2ccccc2)c1. The Bertz CT molecular complexity index is 2660. The van der Waals surface area contributed by atoms with Crippen LogP contribution in [0.15, 0.2) is 188 Å². The standard InChI is InChI=1S/C48H34N4/c49-33-34-13-12-18-40(29-34)45(50)32-39(35-14-4-1-5-15-35)27-28-52-47-22-11-10-21-42(47)44-31-38(24-26-48(44)52)37-23-25-46(51-41-19-8-3-9-20-41)43(30-37)36-16-6-2-7-17-36/h1-32,50-51H/b28-27+,39-32+,50-45?. The third-order valence-corrected chi connectivity index (χ3v) is 9.31. The summed E-state index contributed by atoms with van der Waals surface area (Å²) in [6.45, 7) is 0. The Morgan fingerprint density at radius 2 is 1.23 bits per heavy atom. The molecular formula is C48H34N4. The van der Waals surface area contributed by atoms with Crippen molar-refractivity contribution >= 4 is 50.7 Å². The predicted molar refractivity (Wildman–Crippen MR) is 218 cm³/mol. The summed E-state index contributed by atoms with van der Waals surface area (Å²) in [5.74, 6) is 0. The van der Waals surface area contributed by atoms with Crippen molar-refractivity contribution in [2.75, 3.05) is 5.32 Å². The molecule has 0 atom stereocenters. The molecule has 1 aromatic heterocycles. The monoisotopic (exact) mass is 666 g/mol. The first-order valence-corrected chi connectivity index (χ1v) is 17.2. The van der Waals surface area contributed by atoms with Gasteiger partial charge in [-0.05, 0) is 94.6 Å². The van der Waals surface area contributed by atoms with E-state index in [1.165, 1.54) is 5.39 Å². The van der Waals surface area contributed by atoms with Gasteiger partial charge in [-0.25, -0.2) is 0 Å². The summed E-state index contributed by atoms with van der Waals surface area (Å²) in [6, 6.07) is 62.1. The Labute approximate surface area is 303 Å². The van der Waals surface area contributed by atoms with E-state index in [0.717, 1.165) is 61.2 Å². The largest absolute Gasteiger partial charge is 0.355 e. The van der Waals surface area contributed by atoms with Gasteiger partial charge in [0.1, 0.15) is 0 Å². The molecule has 1 heterocycles.